The number of carbonyl (C=O) groups is 1. The van der Waals surface area contributed by atoms with Gasteiger partial charge in [0.25, 0.3) is 0 Å². The fourth-order valence-corrected chi connectivity index (χ4v) is 3.26. The second kappa shape index (κ2) is 8.62. The smallest absolute Gasteiger partial charge is 0.321 e. The number of carbonyl (C=O) groups excluding carboxylic acids is 1. The first kappa shape index (κ1) is 18.8. The van der Waals surface area contributed by atoms with Crippen molar-refractivity contribution in [3.63, 3.8) is 0 Å². The third kappa shape index (κ3) is 4.61. The van der Waals surface area contributed by atoms with Crippen LogP contribution in [-0.2, 0) is 6.54 Å². The zero-order valence-corrected chi connectivity index (χ0v) is 16.1. The largest absolute Gasteiger partial charge is 0.496 e. The third-order valence-electron chi connectivity index (χ3n) is 4.42. The Hall–Kier alpha value is -1.95. The molecular formula is C19H21Cl2N3O2. The van der Waals surface area contributed by atoms with Crippen molar-refractivity contribution in [1.82, 2.24) is 9.80 Å². The molecule has 2 amide bonds. The summed E-state index contributed by atoms with van der Waals surface area (Å²) in [6, 6.07) is 13.0. The van der Waals surface area contributed by atoms with Gasteiger partial charge in [0.15, 0.2) is 0 Å². The molecule has 0 aliphatic carbocycles. The molecule has 1 saturated heterocycles. The predicted octanol–water partition coefficient (Wildman–Crippen LogP) is 4.35. The Balaban J connectivity index is 1.53. The van der Waals surface area contributed by atoms with Gasteiger partial charge in [-0.1, -0.05) is 41.4 Å². The SMILES string of the molecule is COc1ccccc1CN1CCN(C(=O)Nc2ccc(Cl)c(Cl)c2)CC1. The van der Waals surface area contributed by atoms with E-state index < -0.39 is 0 Å². The van der Waals surface area contributed by atoms with E-state index in [0.717, 1.165) is 30.9 Å². The Morgan fingerprint density at radius 3 is 2.50 bits per heavy atom. The zero-order chi connectivity index (χ0) is 18.5. The number of hydrogen-bond donors (Lipinski definition) is 1. The number of anilines is 1. The summed E-state index contributed by atoms with van der Waals surface area (Å²) in [6.45, 7) is 3.77. The van der Waals surface area contributed by atoms with Gasteiger partial charge in [0.2, 0.25) is 0 Å². The van der Waals surface area contributed by atoms with Gasteiger partial charge in [-0.2, -0.15) is 0 Å². The quantitative estimate of drug-likeness (QED) is 0.839. The van der Waals surface area contributed by atoms with E-state index in [4.69, 9.17) is 27.9 Å². The molecule has 2 aromatic rings. The number of urea groups is 1. The molecule has 0 atom stereocenters. The van der Waals surface area contributed by atoms with E-state index in [1.807, 2.05) is 18.2 Å². The maximum absolute atomic E-state index is 12.4. The minimum absolute atomic E-state index is 0.125. The van der Waals surface area contributed by atoms with Crippen molar-refractivity contribution in [2.45, 2.75) is 6.54 Å². The molecule has 3 rings (SSSR count). The summed E-state index contributed by atoms with van der Waals surface area (Å²) in [6.07, 6.45) is 0. The van der Waals surface area contributed by atoms with Crippen LogP contribution in [0.4, 0.5) is 10.5 Å². The highest BCUT2D eigenvalue weighted by molar-refractivity contribution is 6.42. The molecule has 0 saturated carbocycles. The summed E-state index contributed by atoms with van der Waals surface area (Å²) in [5.41, 5.74) is 1.80. The van der Waals surface area contributed by atoms with Crippen molar-refractivity contribution in [3.05, 3.63) is 58.1 Å². The lowest BCUT2D eigenvalue weighted by Gasteiger charge is -2.34. The molecule has 0 unspecified atom stereocenters. The first-order valence-corrected chi connectivity index (χ1v) is 9.17. The van der Waals surface area contributed by atoms with Crippen LogP contribution in [0, 0.1) is 0 Å². The summed E-state index contributed by atoms with van der Waals surface area (Å²) in [7, 11) is 1.68. The van der Waals surface area contributed by atoms with Gasteiger partial charge >= 0.3 is 6.03 Å². The van der Waals surface area contributed by atoms with Gasteiger partial charge in [-0.25, -0.2) is 4.79 Å². The number of ether oxygens (including phenoxy) is 1. The number of rotatable bonds is 4. The van der Waals surface area contributed by atoms with Crippen molar-refractivity contribution in [2.24, 2.45) is 0 Å². The van der Waals surface area contributed by atoms with Crippen molar-refractivity contribution < 1.29 is 9.53 Å². The Kier molecular flexibility index (Phi) is 6.25. The number of piperazine rings is 1. The molecule has 1 aliphatic heterocycles. The first-order valence-electron chi connectivity index (χ1n) is 8.42. The number of methoxy groups -OCH3 is 1. The van der Waals surface area contributed by atoms with Gasteiger partial charge in [-0.05, 0) is 24.3 Å². The van der Waals surface area contributed by atoms with Gasteiger partial charge in [0.1, 0.15) is 5.75 Å². The highest BCUT2D eigenvalue weighted by atomic mass is 35.5. The van der Waals surface area contributed by atoms with Gasteiger partial charge in [0.05, 0.1) is 17.2 Å². The maximum atomic E-state index is 12.4. The number of amides is 2. The lowest BCUT2D eigenvalue weighted by Crippen LogP contribution is -2.49. The fourth-order valence-electron chi connectivity index (χ4n) is 2.96. The monoisotopic (exact) mass is 393 g/mol. The summed E-state index contributed by atoms with van der Waals surface area (Å²) in [5.74, 6) is 0.896. The first-order chi connectivity index (χ1) is 12.6. The van der Waals surface area contributed by atoms with E-state index in [-0.39, 0.29) is 6.03 Å². The number of halogens is 2. The molecule has 0 bridgehead atoms. The van der Waals surface area contributed by atoms with Crippen molar-refractivity contribution in [2.75, 3.05) is 38.6 Å². The average Bonchev–Trinajstić information content (AvgIpc) is 2.66. The van der Waals surface area contributed by atoms with E-state index in [9.17, 15) is 4.79 Å². The van der Waals surface area contributed by atoms with Crippen LogP contribution in [0.15, 0.2) is 42.5 Å². The van der Waals surface area contributed by atoms with Crippen LogP contribution in [0.2, 0.25) is 10.0 Å². The third-order valence-corrected chi connectivity index (χ3v) is 5.16. The molecule has 0 spiro atoms. The second-order valence-electron chi connectivity index (χ2n) is 6.13. The van der Waals surface area contributed by atoms with E-state index in [1.54, 1.807) is 30.2 Å². The molecule has 0 radical (unpaired) electrons. The molecule has 7 heteroatoms. The summed E-state index contributed by atoms with van der Waals surface area (Å²) in [5, 5.41) is 3.76. The van der Waals surface area contributed by atoms with Crippen molar-refractivity contribution in [1.29, 1.82) is 0 Å². The number of benzene rings is 2. The van der Waals surface area contributed by atoms with Crippen LogP contribution in [0.25, 0.3) is 0 Å². The van der Waals surface area contributed by atoms with Crippen molar-refractivity contribution in [3.8, 4) is 5.75 Å². The molecule has 5 nitrogen and oxygen atoms in total. The van der Waals surface area contributed by atoms with Crippen molar-refractivity contribution >= 4 is 34.9 Å². The fraction of sp³-hybridized carbons (Fsp3) is 0.316. The molecule has 138 valence electrons. The van der Waals surface area contributed by atoms with Crippen LogP contribution in [0.5, 0.6) is 5.75 Å². The van der Waals surface area contributed by atoms with E-state index >= 15 is 0 Å². The van der Waals surface area contributed by atoms with Crippen LogP contribution in [0.3, 0.4) is 0 Å². The normalized spacial score (nSPS) is 15.0. The minimum atomic E-state index is -0.125. The summed E-state index contributed by atoms with van der Waals surface area (Å²) < 4.78 is 5.41. The molecule has 1 heterocycles. The maximum Gasteiger partial charge on any atom is 0.321 e. The standard InChI is InChI=1S/C19H21Cl2N3O2/c1-26-18-5-3-2-4-14(18)13-23-8-10-24(11-9-23)19(25)22-15-6-7-16(20)17(21)12-15/h2-7,12H,8-11,13H2,1H3,(H,22,25). The van der Waals surface area contributed by atoms with Gasteiger partial charge < -0.3 is 15.0 Å². The highest BCUT2D eigenvalue weighted by Gasteiger charge is 2.22. The van der Waals surface area contributed by atoms with Crippen LogP contribution in [-0.4, -0.2) is 49.1 Å². The van der Waals surface area contributed by atoms with E-state index in [2.05, 4.69) is 16.3 Å². The average molecular weight is 394 g/mol. The number of hydrogen-bond acceptors (Lipinski definition) is 3. The van der Waals surface area contributed by atoms with Gasteiger partial charge in [-0.3, -0.25) is 4.90 Å². The van der Waals surface area contributed by atoms with Crippen LogP contribution in [0.1, 0.15) is 5.56 Å². The van der Waals surface area contributed by atoms with Gasteiger partial charge in [0, 0.05) is 44.0 Å². The topological polar surface area (TPSA) is 44.8 Å². The molecule has 26 heavy (non-hydrogen) atoms. The molecule has 1 fully saturated rings. The Bertz CT molecular complexity index is 777. The predicted molar refractivity (Wildman–Crippen MR) is 105 cm³/mol. The van der Waals surface area contributed by atoms with Crippen LogP contribution < -0.4 is 10.1 Å². The summed E-state index contributed by atoms with van der Waals surface area (Å²) in [4.78, 5) is 16.6. The molecule has 0 aromatic heterocycles. The molecule has 2 aromatic carbocycles. The second-order valence-corrected chi connectivity index (χ2v) is 6.95. The molecule has 1 aliphatic rings. The Morgan fingerprint density at radius 1 is 1.08 bits per heavy atom. The number of nitrogens with one attached hydrogen (secondary N) is 1. The summed E-state index contributed by atoms with van der Waals surface area (Å²) >= 11 is 11.9. The Morgan fingerprint density at radius 2 is 1.81 bits per heavy atom. The zero-order valence-electron chi connectivity index (χ0n) is 14.5. The van der Waals surface area contributed by atoms with Crippen LogP contribution >= 0.6 is 23.2 Å². The van der Waals surface area contributed by atoms with E-state index in [1.165, 1.54) is 0 Å². The number of para-hydroxylation sites is 1. The van der Waals surface area contributed by atoms with Gasteiger partial charge in [-0.15, -0.1) is 0 Å². The Labute approximate surface area is 163 Å². The molecular weight excluding hydrogens is 373 g/mol. The van der Waals surface area contributed by atoms with E-state index in [0.29, 0.717) is 28.8 Å². The lowest BCUT2D eigenvalue weighted by atomic mass is 10.1. The minimum Gasteiger partial charge on any atom is -0.496 e. The molecule has 1 N–H and O–H groups in total. The number of nitrogens with zero attached hydrogens (tertiary/aromatic N) is 2. The lowest BCUT2D eigenvalue weighted by molar-refractivity contribution is 0.142. The highest BCUT2D eigenvalue weighted by Crippen LogP contribution is 2.25.